The molecular formula is C18H20Cl2N4O3. The van der Waals surface area contributed by atoms with Gasteiger partial charge >= 0.3 is 5.97 Å². The van der Waals surface area contributed by atoms with Gasteiger partial charge in [0.1, 0.15) is 5.69 Å². The first-order valence-electron chi connectivity index (χ1n) is 8.63. The van der Waals surface area contributed by atoms with Gasteiger partial charge in [-0.25, -0.2) is 0 Å². The number of aromatic nitrogens is 2. The van der Waals surface area contributed by atoms with Crippen LogP contribution in [0.4, 0.5) is 0 Å². The topological polar surface area (TPSA) is 78.7 Å². The summed E-state index contributed by atoms with van der Waals surface area (Å²) in [7, 11) is 0. The van der Waals surface area contributed by atoms with E-state index in [1.165, 1.54) is 10.9 Å². The number of amides is 1. The Morgan fingerprint density at radius 3 is 2.48 bits per heavy atom. The molecule has 1 saturated heterocycles. The monoisotopic (exact) mass is 410 g/mol. The van der Waals surface area contributed by atoms with E-state index in [0.29, 0.717) is 28.8 Å². The predicted octanol–water partition coefficient (Wildman–Crippen LogP) is 2.62. The van der Waals surface area contributed by atoms with Gasteiger partial charge in [0.25, 0.3) is 5.91 Å². The molecule has 2 heterocycles. The molecule has 0 unspecified atom stereocenters. The van der Waals surface area contributed by atoms with Gasteiger partial charge in [-0.2, -0.15) is 5.10 Å². The molecule has 0 bridgehead atoms. The number of hydrogen-bond donors (Lipinski definition) is 1. The molecule has 0 radical (unpaired) electrons. The molecule has 27 heavy (non-hydrogen) atoms. The summed E-state index contributed by atoms with van der Waals surface area (Å²) >= 11 is 12.0. The van der Waals surface area contributed by atoms with Crippen molar-refractivity contribution >= 4 is 35.1 Å². The summed E-state index contributed by atoms with van der Waals surface area (Å²) in [5, 5.41) is 14.0. The SMILES string of the molecule is O=C(O)CCn1nccc1C(=O)N1CCN(Cc2ccc(Cl)c(Cl)c2)CC1. The van der Waals surface area contributed by atoms with Crippen LogP contribution in [0, 0.1) is 0 Å². The number of hydrogen-bond acceptors (Lipinski definition) is 4. The number of aliphatic carboxylic acids is 1. The van der Waals surface area contributed by atoms with Gasteiger partial charge in [-0.3, -0.25) is 19.2 Å². The number of nitrogens with zero attached hydrogens (tertiary/aromatic N) is 4. The summed E-state index contributed by atoms with van der Waals surface area (Å²) in [5.74, 6) is -1.04. The highest BCUT2D eigenvalue weighted by atomic mass is 35.5. The molecule has 1 aliphatic rings. The van der Waals surface area contributed by atoms with E-state index in [0.717, 1.165) is 25.2 Å². The minimum Gasteiger partial charge on any atom is -0.481 e. The summed E-state index contributed by atoms with van der Waals surface area (Å²) in [6.07, 6.45) is 1.45. The number of carbonyl (C=O) groups is 2. The third-order valence-corrected chi connectivity index (χ3v) is 5.26. The fourth-order valence-electron chi connectivity index (χ4n) is 3.06. The molecule has 1 aromatic carbocycles. The molecule has 1 aromatic heterocycles. The molecule has 7 nitrogen and oxygen atoms in total. The van der Waals surface area contributed by atoms with Crippen molar-refractivity contribution in [3.05, 3.63) is 51.8 Å². The zero-order valence-corrected chi connectivity index (χ0v) is 16.2. The molecule has 0 saturated carbocycles. The van der Waals surface area contributed by atoms with Crippen LogP contribution in [0.1, 0.15) is 22.5 Å². The number of carboxylic acids is 1. The molecule has 0 spiro atoms. The Kier molecular flexibility index (Phi) is 6.36. The van der Waals surface area contributed by atoms with Crippen molar-refractivity contribution in [2.75, 3.05) is 26.2 Å². The lowest BCUT2D eigenvalue weighted by Gasteiger charge is -2.34. The van der Waals surface area contributed by atoms with E-state index in [4.69, 9.17) is 28.3 Å². The number of carboxylic acid groups (broad SMARTS) is 1. The molecule has 3 rings (SSSR count). The second-order valence-electron chi connectivity index (χ2n) is 6.40. The normalized spacial score (nSPS) is 15.1. The molecule has 0 aliphatic carbocycles. The van der Waals surface area contributed by atoms with Crippen LogP contribution >= 0.6 is 23.2 Å². The van der Waals surface area contributed by atoms with Crippen molar-refractivity contribution in [1.29, 1.82) is 0 Å². The summed E-state index contributed by atoms with van der Waals surface area (Å²) in [5.41, 5.74) is 1.50. The average molecular weight is 411 g/mol. The lowest BCUT2D eigenvalue weighted by Crippen LogP contribution is -2.48. The average Bonchev–Trinajstić information content (AvgIpc) is 3.12. The van der Waals surface area contributed by atoms with Gasteiger partial charge in [0.05, 0.1) is 23.0 Å². The van der Waals surface area contributed by atoms with Crippen LogP contribution in [-0.4, -0.2) is 62.7 Å². The van der Waals surface area contributed by atoms with Crippen molar-refractivity contribution in [3.8, 4) is 0 Å². The first-order chi connectivity index (χ1) is 12.9. The highest BCUT2D eigenvalue weighted by molar-refractivity contribution is 6.42. The quantitative estimate of drug-likeness (QED) is 0.791. The maximum absolute atomic E-state index is 12.7. The van der Waals surface area contributed by atoms with Gasteiger partial charge < -0.3 is 10.0 Å². The zero-order chi connectivity index (χ0) is 19.4. The molecule has 1 N–H and O–H groups in total. The maximum Gasteiger partial charge on any atom is 0.305 e. The molecule has 144 valence electrons. The first-order valence-corrected chi connectivity index (χ1v) is 9.39. The highest BCUT2D eigenvalue weighted by Gasteiger charge is 2.24. The van der Waals surface area contributed by atoms with Gasteiger partial charge in [-0.15, -0.1) is 0 Å². The molecule has 2 aromatic rings. The third-order valence-electron chi connectivity index (χ3n) is 4.52. The van der Waals surface area contributed by atoms with E-state index in [2.05, 4.69) is 10.00 Å². The number of halogens is 2. The van der Waals surface area contributed by atoms with E-state index >= 15 is 0 Å². The minimum atomic E-state index is -0.917. The van der Waals surface area contributed by atoms with E-state index in [-0.39, 0.29) is 18.9 Å². The Hall–Kier alpha value is -2.09. The summed E-state index contributed by atoms with van der Waals surface area (Å²) in [6, 6.07) is 7.23. The van der Waals surface area contributed by atoms with Crippen molar-refractivity contribution < 1.29 is 14.7 Å². The summed E-state index contributed by atoms with van der Waals surface area (Å²) in [6.45, 7) is 3.62. The molecule has 1 amide bonds. The van der Waals surface area contributed by atoms with Crippen LogP contribution in [0.5, 0.6) is 0 Å². The number of piperazine rings is 1. The van der Waals surface area contributed by atoms with Crippen LogP contribution in [0.2, 0.25) is 10.0 Å². The molecule has 1 aliphatic heterocycles. The minimum absolute atomic E-state index is 0.0701. The van der Waals surface area contributed by atoms with Crippen molar-refractivity contribution in [2.24, 2.45) is 0 Å². The lowest BCUT2D eigenvalue weighted by molar-refractivity contribution is -0.137. The van der Waals surface area contributed by atoms with E-state index in [1.807, 2.05) is 12.1 Å². The maximum atomic E-state index is 12.7. The van der Waals surface area contributed by atoms with Crippen LogP contribution in [0.25, 0.3) is 0 Å². The molecule has 9 heteroatoms. The van der Waals surface area contributed by atoms with Gasteiger partial charge in [-0.05, 0) is 23.8 Å². The van der Waals surface area contributed by atoms with Crippen LogP contribution < -0.4 is 0 Å². The van der Waals surface area contributed by atoms with Gasteiger partial charge in [0.2, 0.25) is 0 Å². The second-order valence-corrected chi connectivity index (χ2v) is 7.21. The van der Waals surface area contributed by atoms with E-state index in [9.17, 15) is 9.59 Å². The number of benzene rings is 1. The van der Waals surface area contributed by atoms with Crippen LogP contribution in [0.15, 0.2) is 30.5 Å². The van der Waals surface area contributed by atoms with Crippen molar-refractivity contribution in [3.63, 3.8) is 0 Å². The Balaban J connectivity index is 1.56. The van der Waals surface area contributed by atoms with Crippen LogP contribution in [0.3, 0.4) is 0 Å². The summed E-state index contributed by atoms with van der Waals surface area (Å²) in [4.78, 5) is 27.5. The Labute approximate surface area is 167 Å². The Bertz CT molecular complexity index is 832. The standard InChI is InChI=1S/C18H20Cl2N4O3/c19-14-2-1-13(11-15(14)20)12-22-7-9-23(10-8-22)18(27)16-3-5-21-24(16)6-4-17(25)26/h1-3,5,11H,4,6-10,12H2,(H,25,26). The Morgan fingerprint density at radius 2 is 1.81 bits per heavy atom. The van der Waals surface area contributed by atoms with Crippen LogP contribution in [-0.2, 0) is 17.9 Å². The zero-order valence-electron chi connectivity index (χ0n) is 14.6. The number of aryl methyl sites for hydroxylation is 1. The molecule has 0 atom stereocenters. The van der Waals surface area contributed by atoms with Gasteiger partial charge in [-0.1, -0.05) is 29.3 Å². The second kappa shape index (κ2) is 8.73. The largest absolute Gasteiger partial charge is 0.481 e. The lowest BCUT2D eigenvalue weighted by atomic mass is 10.2. The molecule has 1 fully saturated rings. The van der Waals surface area contributed by atoms with Gasteiger partial charge in [0.15, 0.2) is 0 Å². The van der Waals surface area contributed by atoms with E-state index < -0.39 is 5.97 Å². The van der Waals surface area contributed by atoms with Crippen molar-refractivity contribution in [2.45, 2.75) is 19.5 Å². The fourth-order valence-corrected chi connectivity index (χ4v) is 3.38. The smallest absolute Gasteiger partial charge is 0.305 e. The highest BCUT2D eigenvalue weighted by Crippen LogP contribution is 2.23. The van der Waals surface area contributed by atoms with Gasteiger partial charge in [0, 0.05) is 38.9 Å². The fraction of sp³-hybridized carbons (Fsp3) is 0.389. The van der Waals surface area contributed by atoms with E-state index in [1.54, 1.807) is 17.0 Å². The van der Waals surface area contributed by atoms with Crippen molar-refractivity contribution in [1.82, 2.24) is 19.6 Å². The Morgan fingerprint density at radius 1 is 1.07 bits per heavy atom. The third kappa shape index (κ3) is 5.00. The number of rotatable bonds is 6. The first kappa shape index (κ1) is 19.7. The predicted molar refractivity (Wildman–Crippen MR) is 102 cm³/mol. The summed E-state index contributed by atoms with van der Waals surface area (Å²) < 4.78 is 1.46. The molecular weight excluding hydrogens is 391 g/mol. The number of carbonyl (C=O) groups excluding carboxylic acids is 1.